The fraction of sp³-hybridized carbons (Fsp3) is 0.417. The van der Waals surface area contributed by atoms with Crippen molar-refractivity contribution in [2.75, 3.05) is 0 Å². The van der Waals surface area contributed by atoms with Crippen molar-refractivity contribution in [2.45, 2.75) is 25.7 Å². The molecule has 3 nitrogen and oxygen atoms in total. The molecule has 0 N–H and O–H groups in total. The molecule has 0 radical (unpaired) electrons. The topological polar surface area (TPSA) is 31.0 Å². The highest BCUT2D eigenvalue weighted by molar-refractivity contribution is 5.59. The third-order valence-electron chi connectivity index (χ3n) is 3.12. The van der Waals surface area contributed by atoms with E-state index in [0.29, 0.717) is 0 Å². The average molecular weight is 202 g/mol. The Kier molecular flexibility index (Phi) is 1.91. The number of fused-ring (bicyclic) bond motifs is 1. The molecule has 0 fully saturated rings. The van der Waals surface area contributed by atoms with Gasteiger partial charge in [0.2, 0.25) is 0 Å². The number of furan rings is 1. The van der Waals surface area contributed by atoms with E-state index in [0.717, 1.165) is 24.3 Å². The number of hydrogen-bond acceptors (Lipinski definition) is 2. The molecule has 0 unspecified atom stereocenters. The first-order chi connectivity index (χ1) is 7.36. The molecule has 1 aliphatic carbocycles. The summed E-state index contributed by atoms with van der Waals surface area (Å²) in [5, 5.41) is 4.56. The van der Waals surface area contributed by atoms with Gasteiger partial charge in [-0.05, 0) is 37.8 Å². The Labute approximate surface area is 88.7 Å². The van der Waals surface area contributed by atoms with Crippen molar-refractivity contribution in [1.29, 1.82) is 0 Å². The van der Waals surface area contributed by atoms with Crippen LogP contribution in [0.25, 0.3) is 11.5 Å². The lowest BCUT2D eigenvalue weighted by Crippen LogP contribution is -2.05. The lowest BCUT2D eigenvalue weighted by Gasteiger charge is -2.11. The molecule has 0 spiro atoms. The van der Waals surface area contributed by atoms with Gasteiger partial charge in [-0.1, -0.05) is 0 Å². The number of hydrogen-bond donors (Lipinski definition) is 0. The van der Waals surface area contributed by atoms with Gasteiger partial charge in [-0.3, -0.25) is 4.68 Å². The molecule has 15 heavy (non-hydrogen) atoms. The first-order valence-electron chi connectivity index (χ1n) is 5.45. The molecule has 0 aromatic carbocycles. The number of nitrogens with zero attached hydrogens (tertiary/aromatic N) is 2. The van der Waals surface area contributed by atoms with Crippen LogP contribution >= 0.6 is 0 Å². The largest absolute Gasteiger partial charge is 0.463 e. The van der Waals surface area contributed by atoms with Crippen LogP contribution in [-0.2, 0) is 19.9 Å². The fourth-order valence-electron chi connectivity index (χ4n) is 2.38. The van der Waals surface area contributed by atoms with Crippen molar-refractivity contribution in [3.8, 4) is 11.5 Å². The standard InChI is InChI=1S/C12H14N2O/c1-14-10-6-3-2-5-9(10)12(13-14)11-7-4-8-15-11/h4,7-8H,2-3,5-6H2,1H3. The highest BCUT2D eigenvalue weighted by atomic mass is 16.3. The van der Waals surface area contributed by atoms with E-state index in [-0.39, 0.29) is 0 Å². The van der Waals surface area contributed by atoms with Crippen LogP contribution < -0.4 is 0 Å². The van der Waals surface area contributed by atoms with Gasteiger partial charge in [0.05, 0.1) is 6.26 Å². The van der Waals surface area contributed by atoms with E-state index in [9.17, 15) is 0 Å². The monoisotopic (exact) mass is 202 g/mol. The maximum atomic E-state index is 5.42. The predicted molar refractivity (Wildman–Crippen MR) is 57.6 cm³/mol. The molecule has 78 valence electrons. The van der Waals surface area contributed by atoms with Gasteiger partial charge >= 0.3 is 0 Å². The minimum atomic E-state index is 0.897. The second-order valence-corrected chi connectivity index (χ2v) is 4.08. The first-order valence-corrected chi connectivity index (χ1v) is 5.45. The summed E-state index contributed by atoms with van der Waals surface area (Å²) in [7, 11) is 2.02. The smallest absolute Gasteiger partial charge is 0.154 e. The van der Waals surface area contributed by atoms with Crippen LogP contribution in [-0.4, -0.2) is 9.78 Å². The van der Waals surface area contributed by atoms with Crippen molar-refractivity contribution in [3.63, 3.8) is 0 Å². The van der Waals surface area contributed by atoms with E-state index >= 15 is 0 Å². The summed E-state index contributed by atoms with van der Waals surface area (Å²) in [6.45, 7) is 0. The van der Waals surface area contributed by atoms with E-state index in [1.807, 2.05) is 23.9 Å². The highest BCUT2D eigenvalue weighted by Gasteiger charge is 2.21. The molecule has 0 saturated heterocycles. The zero-order chi connectivity index (χ0) is 10.3. The zero-order valence-electron chi connectivity index (χ0n) is 8.86. The van der Waals surface area contributed by atoms with Gasteiger partial charge in [0.1, 0.15) is 5.69 Å². The molecule has 0 bridgehead atoms. The van der Waals surface area contributed by atoms with Crippen molar-refractivity contribution >= 4 is 0 Å². The Morgan fingerprint density at radius 2 is 2.20 bits per heavy atom. The molecular weight excluding hydrogens is 188 g/mol. The predicted octanol–water partition coefficient (Wildman–Crippen LogP) is 2.56. The van der Waals surface area contributed by atoms with Crippen LogP contribution in [0.4, 0.5) is 0 Å². The van der Waals surface area contributed by atoms with E-state index in [4.69, 9.17) is 4.42 Å². The van der Waals surface area contributed by atoms with Gasteiger partial charge in [-0.2, -0.15) is 5.10 Å². The number of aromatic nitrogens is 2. The number of aryl methyl sites for hydroxylation is 1. The lowest BCUT2D eigenvalue weighted by atomic mass is 9.95. The van der Waals surface area contributed by atoms with Crippen LogP contribution in [0.3, 0.4) is 0 Å². The van der Waals surface area contributed by atoms with Crippen molar-refractivity contribution in [2.24, 2.45) is 7.05 Å². The SMILES string of the molecule is Cn1nc(-c2ccco2)c2c1CCCC2. The number of rotatable bonds is 1. The Balaban J connectivity index is 2.16. The van der Waals surface area contributed by atoms with Gasteiger partial charge in [0.15, 0.2) is 5.76 Å². The van der Waals surface area contributed by atoms with E-state index < -0.39 is 0 Å². The second-order valence-electron chi connectivity index (χ2n) is 4.08. The minimum absolute atomic E-state index is 0.897. The Bertz CT molecular complexity index is 468. The van der Waals surface area contributed by atoms with Crippen LogP contribution in [0.15, 0.2) is 22.8 Å². The van der Waals surface area contributed by atoms with Crippen molar-refractivity contribution in [3.05, 3.63) is 29.7 Å². The van der Waals surface area contributed by atoms with Crippen LogP contribution in [0.2, 0.25) is 0 Å². The summed E-state index contributed by atoms with van der Waals surface area (Å²) in [4.78, 5) is 0. The molecule has 0 amide bonds. The quantitative estimate of drug-likeness (QED) is 0.711. The summed E-state index contributed by atoms with van der Waals surface area (Å²) in [6, 6.07) is 3.90. The molecule has 3 heteroatoms. The zero-order valence-corrected chi connectivity index (χ0v) is 8.86. The summed E-state index contributed by atoms with van der Waals surface area (Å²) in [5.41, 5.74) is 3.81. The summed E-state index contributed by atoms with van der Waals surface area (Å²) >= 11 is 0. The van der Waals surface area contributed by atoms with Gasteiger partial charge < -0.3 is 4.42 Å². The fourth-order valence-corrected chi connectivity index (χ4v) is 2.38. The summed E-state index contributed by atoms with van der Waals surface area (Å²) in [5.74, 6) is 0.897. The molecule has 2 aromatic heterocycles. The Morgan fingerprint density at radius 1 is 1.33 bits per heavy atom. The van der Waals surface area contributed by atoms with Crippen LogP contribution in [0.1, 0.15) is 24.1 Å². The Hall–Kier alpha value is -1.51. The van der Waals surface area contributed by atoms with Crippen LogP contribution in [0.5, 0.6) is 0 Å². The second kappa shape index (κ2) is 3.26. The van der Waals surface area contributed by atoms with Crippen molar-refractivity contribution < 1.29 is 4.42 Å². The first kappa shape index (κ1) is 8.77. The maximum absolute atomic E-state index is 5.42. The molecule has 0 aliphatic heterocycles. The third kappa shape index (κ3) is 1.30. The van der Waals surface area contributed by atoms with E-state index in [2.05, 4.69) is 5.10 Å². The summed E-state index contributed by atoms with van der Waals surface area (Å²) in [6.07, 6.45) is 6.55. The molecule has 0 atom stereocenters. The van der Waals surface area contributed by atoms with Gasteiger partial charge in [-0.15, -0.1) is 0 Å². The molecule has 1 aliphatic rings. The van der Waals surface area contributed by atoms with Crippen molar-refractivity contribution in [1.82, 2.24) is 9.78 Å². The molecule has 2 heterocycles. The molecule has 3 rings (SSSR count). The third-order valence-corrected chi connectivity index (χ3v) is 3.12. The Morgan fingerprint density at radius 3 is 3.00 bits per heavy atom. The normalized spacial score (nSPS) is 15.3. The molecular formula is C12H14N2O. The summed E-state index contributed by atoms with van der Waals surface area (Å²) < 4.78 is 7.43. The van der Waals surface area contributed by atoms with Gasteiger partial charge in [-0.25, -0.2) is 0 Å². The van der Waals surface area contributed by atoms with Gasteiger partial charge in [0, 0.05) is 18.3 Å². The van der Waals surface area contributed by atoms with Crippen LogP contribution in [0, 0.1) is 0 Å². The van der Waals surface area contributed by atoms with Gasteiger partial charge in [0.25, 0.3) is 0 Å². The van der Waals surface area contributed by atoms with E-state index in [1.54, 1.807) is 6.26 Å². The average Bonchev–Trinajstić information content (AvgIpc) is 2.87. The minimum Gasteiger partial charge on any atom is -0.463 e. The molecule has 0 saturated carbocycles. The molecule has 2 aromatic rings. The van der Waals surface area contributed by atoms with E-state index in [1.165, 1.54) is 24.1 Å². The highest BCUT2D eigenvalue weighted by Crippen LogP contribution is 2.30. The lowest BCUT2D eigenvalue weighted by molar-refractivity contribution is 0.577. The maximum Gasteiger partial charge on any atom is 0.154 e.